The van der Waals surface area contributed by atoms with Gasteiger partial charge in [-0.3, -0.25) is 0 Å². The first-order chi connectivity index (χ1) is 15.2. The van der Waals surface area contributed by atoms with Crippen LogP contribution in [0.5, 0.6) is 5.75 Å². The van der Waals surface area contributed by atoms with E-state index in [0.717, 1.165) is 36.8 Å². The van der Waals surface area contributed by atoms with E-state index in [4.69, 9.17) is 4.74 Å². The van der Waals surface area contributed by atoms with Crippen molar-refractivity contribution in [2.24, 2.45) is 0 Å². The Balaban J connectivity index is 1.57. The molecule has 4 rings (SSSR count). The molecule has 0 spiro atoms. The first kappa shape index (κ1) is 20.7. The lowest BCUT2D eigenvalue weighted by Gasteiger charge is -2.10. The van der Waals surface area contributed by atoms with Gasteiger partial charge in [0.15, 0.2) is 0 Å². The molecule has 0 heterocycles. The molecular formula is C27H17IN2O. The Morgan fingerprint density at radius 2 is 1.65 bits per heavy atom. The van der Waals surface area contributed by atoms with E-state index in [2.05, 4.69) is 40.8 Å². The standard InChI is InChI=1S/C27H17IN2O/c28-26-14-19(9-12-27(26)31-18-24-8-4-3-7-23(24)16-29)13-25(17-30)22-11-10-20-5-1-2-6-21(20)15-22/h1-15H,18H2/b25-13-. The van der Waals surface area contributed by atoms with Gasteiger partial charge in [-0.05, 0) is 74.8 Å². The third-order valence-electron chi connectivity index (χ3n) is 4.97. The average Bonchev–Trinajstić information content (AvgIpc) is 2.82. The van der Waals surface area contributed by atoms with Crippen LogP contribution < -0.4 is 4.74 Å². The van der Waals surface area contributed by atoms with E-state index < -0.39 is 0 Å². The van der Waals surface area contributed by atoms with Gasteiger partial charge in [0.05, 0.1) is 26.8 Å². The van der Waals surface area contributed by atoms with Gasteiger partial charge in [0.2, 0.25) is 0 Å². The van der Waals surface area contributed by atoms with Gasteiger partial charge >= 0.3 is 0 Å². The van der Waals surface area contributed by atoms with Crippen LogP contribution in [0.2, 0.25) is 0 Å². The molecule has 0 N–H and O–H groups in total. The molecule has 3 nitrogen and oxygen atoms in total. The summed E-state index contributed by atoms with van der Waals surface area (Å²) in [7, 11) is 0. The molecule has 0 unspecified atom stereocenters. The van der Waals surface area contributed by atoms with Crippen molar-refractivity contribution in [2.45, 2.75) is 6.61 Å². The maximum Gasteiger partial charge on any atom is 0.133 e. The van der Waals surface area contributed by atoms with Gasteiger partial charge in [-0.15, -0.1) is 0 Å². The number of nitriles is 2. The zero-order valence-electron chi connectivity index (χ0n) is 16.5. The van der Waals surface area contributed by atoms with Crippen LogP contribution in [0.15, 0.2) is 84.9 Å². The van der Waals surface area contributed by atoms with Crippen LogP contribution in [0, 0.1) is 26.2 Å². The summed E-state index contributed by atoms with van der Waals surface area (Å²) in [6, 6.07) is 31.9. The Labute approximate surface area is 195 Å². The fourth-order valence-electron chi connectivity index (χ4n) is 3.34. The lowest BCUT2D eigenvalue weighted by atomic mass is 10.0. The van der Waals surface area contributed by atoms with Gasteiger partial charge in [0, 0.05) is 5.56 Å². The van der Waals surface area contributed by atoms with Crippen LogP contribution in [0.3, 0.4) is 0 Å². The Hall–Kier alpha value is -3.61. The molecule has 4 aromatic rings. The van der Waals surface area contributed by atoms with E-state index >= 15 is 0 Å². The maximum absolute atomic E-state index is 9.73. The highest BCUT2D eigenvalue weighted by molar-refractivity contribution is 14.1. The van der Waals surface area contributed by atoms with E-state index in [0.29, 0.717) is 17.7 Å². The fraction of sp³-hybridized carbons (Fsp3) is 0.0370. The smallest absolute Gasteiger partial charge is 0.133 e. The molecule has 0 saturated heterocycles. The van der Waals surface area contributed by atoms with Crippen molar-refractivity contribution in [3.8, 4) is 17.9 Å². The molecule has 0 amide bonds. The zero-order chi connectivity index (χ0) is 21.6. The average molecular weight is 512 g/mol. The first-order valence-electron chi connectivity index (χ1n) is 9.69. The molecule has 4 aromatic carbocycles. The number of allylic oxidation sites excluding steroid dienone is 1. The van der Waals surface area contributed by atoms with Gasteiger partial charge in [-0.1, -0.05) is 60.7 Å². The molecule has 0 aliphatic carbocycles. The van der Waals surface area contributed by atoms with Crippen molar-refractivity contribution < 1.29 is 4.74 Å². The Morgan fingerprint density at radius 3 is 2.42 bits per heavy atom. The summed E-state index contributed by atoms with van der Waals surface area (Å²) in [6.07, 6.45) is 1.89. The normalized spacial score (nSPS) is 11.0. The lowest BCUT2D eigenvalue weighted by molar-refractivity contribution is 0.303. The van der Waals surface area contributed by atoms with Crippen LogP contribution in [0.1, 0.15) is 22.3 Å². The van der Waals surface area contributed by atoms with Crippen molar-refractivity contribution in [1.29, 1.82) is 10.5 Å². The SMILES string of the molecule is N#C/C(=C/c1ccc(OCc2ccccc2C#N)c(I)c1)c1ccc2ccccc2c1. The summed E-state index contributed by atoms with van der Waals surface area (Å²) < 4.78 is 6.88. The molecule has 0 bridgehead atoms. The Bertz CT molecular complexity index is 1380. The van der Waals surface area contributed by atoms with E-state index in [1.165, 1.54) is 0 Å². The summed E-state index contributed by atoms with van der Waals surface area (Å²) in [6.45, 7) is 0.329. The molecule has 0 aliphatic heterocycles. The number of hydrogen-bond donors (Lipinski definition) is 0. The minimum Gasteiger partial charge on any atom is -0.488 e. The number of halogens is 1. The van der Waals surface area contributed by atoms with Crippen LogP contribution >= 0.6 is 22.6 Å². The van der Waals surface area contributed by atoms with Crippen LogP contribution in [-0.2, 0) is 6.61 Å². The van der Waals surface area contributed by atoms with E-state index in [9.17, 15) is 10.5 Å². The summed E-state index contributed by atoms with van der Waals surface area (Å²) >= 11 is 2.23. The van der Waals surface area contributed by atoms with Gasteiger partial charge in [-0.2, -0.15) is 10.5 Å². The summed E-state index contributed by atoms with van der Waals surface area (Å²) in [5, 5.41) is 21.2. The van der Waals surface area contributed by atoms with Crippen molar-refractivity contribution >= 4 is 45.0 Å². The van der Waals surface area contributed by atoms with Crippen molar-refractivity contribution in [2.75, 3.05) is 0 Å². The predicted octanol–water partition coefficient (Wildman–Crippen LogP) is 6.96. The minimum absolute atomic E-state index is 0.329. The number of hydrogen-bond acceptors (Lipinski definition) is 3. The van der Waals surface area contributed by atoms with E-state index in [-0.39, 0.29) is 0 Å². The van der Waals surface area contributed by atoms with Gasteiger partial charge < -0.3 is 4.74 Å². The second-order valence-corrected chi connectivity index (χ2v) is 8.14. The van der Waals surface area contributed by atoms with Crippen LogP contribution in [0.25, 0.3) is 22.4 Å². The second-order valence-electron chi connectivity index (χ2n) is 6.98. The highest BCUT2D eigenvalue weighted by Crippen LogP contribution is 2.27. The van der Waals surface area contributed by atoms with Gasteiger partial charge in [0.25, 0.3) is 0 Å². The molecule has 0 atom stereocenters. The highest BCUT2D eigenvalue weighted by Gasteiger charge is 2.07. The molecule has 0 saturated carbocycles. The van der Waals surface area contributed by atoms with Crippen molar-refractivity contribution in [3.63, 3.8) is 0 Å². The Morgan fingerprint density at radius 1 is 0.871 bits per heavy atom. The third-order valence-corrected chi connectivity index (χ3v) is 5.81. The van der Waals surface area contributed by atoms with Gasteiger partial charge in [-0.25, -0.2) is 0 Å². The minimum atomic E-state index is 0.329. The predicted molar refractivity (Wildman–Crippen MR) is 132 cm³/mol. The molecule has 31 heavy (non-hydrogen) atoms. The third kappa shape index (κ3) is 4.77. The molecule has 0 aliphatic rings. The summed E-state index contributed by atoms with van der Waals surface area (Å²) in [5.41, 5.74) is 3.90. The molecule has 0 radical (unpaired) electrons. The van der Waals surface area contributed by atoms with E-state index in [1.807, 2.05) is 78.9 Å². The van der Waals surface area contributed by atoms with Crippen LogP contribution in [0.4, 0.5) is 0 Å². The summed E-state index contributed by atoms with van der Waals surface area (Å²) in [4.78, 5) is 0. The zero-order valence-corrected chi connectivity index (χ0v) is 18.7. The number of ether oxygens (including phenoxy) is 1. The fourth-order valence-corrected chi connectivity index (χ4v) is 4.03. The molecule has 0 aromatic heterocycles. The highest BCUT2D eigenvalue weighted by atomic mass is 127. The number of benzene rings is 4. The molecule has 148 valence electrons. The maximum atomic E-state index is 9.73. The largest absolute Gasteiger partial charge is 0.488 e. The topological polar surface area (TPSA) is 56.8 Å². The van der Waals surface area contributed by atoms with Crippen molar-refractivity contribution in [1.82, 2.24) is 0 Å². The molecule has 4 heteroatoms. The van der Waals surface area contributed by atoms with E-state index in [1.54, 1.807) is 6.07 Å². The van der Waals surface area contributed by atoms with Crippen molar-refractivity contribution in [3.05, 3.63) is 111 Å². The number of nitrogens with zero attached hydrogens (tertiary/aromatic N) is 2. The summed E-state index contributed by atoms with van der Waals surface area (Å²) in [5.74, 6) is 0.745. The Kier molecular flexibility index (Phi) is 6.31. The first-order valence-corrected chi connectivity index (χ1v) is 10.8. The van der Waals surface area contributed by atoms with Gasteiger partial charge in [0.1, 0.15) is 12.4 Å². The number of rotatable bonds is 5. The number of fused-ring (bicyclic) bond motifs is 1. The second kappa shape index (κ2) is 9.47. The monoisotopic (exact) mass is 512 g/mol. The molecular weight excluding hydrogens is 495 g/mol. The lowest BCUT2D eigenvalue weighted by Crippen LogP contribution is -1.99. The quantitative estimate of drug-likeness (QED) is 0.165. The molecule has 0 fully saturated rings. The van der Waals surface area contributed by atoms with Crippen LogP contribution in [-0.4, -0.2) is 0 Å².